The number of esters is 1. The van der Waals surface area contributed by atoms with Crippen LogP contribution in [0.3, 0.4) is 0 Å². The van der Waals surface area contributed by atoms with Gasteiger partial charge in [-0.15, -0.1) is 0 Å². The van der Waals surface area contributed by atoms with Gasteiger partial charge in [0.05, 0.1) is 12.5 Å². The molecule has 3 aliphatic rings. The number of cyclic esters (lactones) is 1. The van der Waals surface area contributed by atoms with Crippen molar-refractivity contribution in [2.75, 3.05) is 6.61 Å². The Labute approximate surface area is 72.3 Å². The quantitative estimate of drug-likeness (QED) is 0.509. The van der Waals surface area contributed by atoms with Crippen LogP contribution in [0, 0.1) is 29.6 Å². The van der Waals surface area contributed by atoms with Crippen LogP contribution in [-0.4, -0.2) is 12.6 Å². The summed E-state index contributed by atoms with van der Waals surface area (Å²) in [6.45, 7) is 3.04. The second-order valence-electron chi connectivity index (χ2n) is 4.69. The highest BCUT2D eigenvalue weighted by Crippen LogP contribution is 2.57. The lowest BCUT2D eigenvalue weighted by atomic mass is 9.76. The van der Waals surface area contributed by atoms with Gasteiger partial charge in [-0.3, -0.25) is 4.79 Å². The van der Waals surface area contributed by atoms with Gasteiger partial charge in [0.2, 0.25) is 0 Å². The lowest BCUT2D eigenvalue weighted by Crippen LogP contribution is -2.27. The first kappa shape index (κ1) is 6.93. The molecule has 2 nitrogen and oxygen atoms in total. The van der Waals surface area contributed by atoms with Crippen molar-refractivity contribution >= 4 is 5.97 Å². The Balaban J connectivity index is 1.94. The molecule has 12 heavy (non-hydrogen) atoms. The molecule has 1 saturated heterocycles. The van der Waals surface area contributed by atoms with E-state index in [1.165, 1.54) is 12.8 Å². The molecule has 5 atom stereocenters. The van der Waals surface area contributed by atoms with E-state index in [4.69, 9.17) is 4.74 Å². The minimum absolute atomic E-state index is 0.0967. The number of fused-ring (bicyclic) bond motifs is 5. The van der Waals surface area contributed by atoms with E-state index < -0.39 is 0 Å². The number of ether oxygens (including phenoxy) is 1. The molecule has 0 N–H and O–H groups in total. The van der Waals surface area contributed by atoms with E-state index in [2.05, 4.69) is 6.92 Å². The van der Waals surface area contributed by atoms with Crippen LogP contribution < -0.4 is 0 Å². The summed E-state index contributed by atoms with van der Waals surface area (Å²) < 4.78 is 5.11. The average Bonchev–Trinajstić information content (AvgIpc) is 2.62. The van der Waals surface area contributed by atoms with Gasteiger partial charge in [-0.25, -0.2) is 0 Å². The Morgan fingerprint density at radius 3 is 3.00 bits per heavy atom. The topological polar surface area (TPSA) is 26.3 Å². The van der Waals surface area contributed by atoms with Crippen molar-refractivity contribution in [2.45, 2.75) is 19.8 Å². The molecule has 1 heterocycles. The highest BCUT2D eigenvalue weighted by Gasteiger charge is 2.57. The smallest absolute Gasteiger partial charge is 0.309 e. The summed E-state index contributed by atoms with van der Waals surface area (Å²) in [6.07, 6.45) is 2.56. The zero-order valence-electron chi connectivity index (χ0n) is 7.32. The SMILES string of the molecule is CC1CC2CC1C1COC(=O)C21. The molecular formula is C10H14O2. The van der Waals surface area contributed by atoms with E-state index >= 15 is 0 Å². The fraction of sp³-hybridized carbons (Fsp3) is 0.900. The van der Waals surface area contributed by atoms with Gasteiger partial charge in [-0.1, -0.05) is 6.92 Å². The molecule has 0 amide bonds. The van der Waals surface area contributed by atoms with E-state index in [1.807, 2.05) is 0 Å². The van der Waals surface area contributed by atoms with Crippen molar-refractivity contribution < 1.29 is 9.53 Å². The number of carbonyl (C=O) groups is 1. The Bertz CT molecular complexity index is 236. The molecule has 5 unspecified atom stereocenters. The fourth-order valence-corrected chi connectivity index (χ4v) is 3.71. The van der Waals surface area contributed by atoms with Crippen LogP contribution in [0.1, 0.15) is 19.8 Å². The lowest BCUT2D eigenvalue weighted by molar-refractivity contribution is -0.142. The summed E-state index contributed by atoms with van der Waals surface area (Å²) in [5.74, 6) is 3.29. The summed E-state index contributed by atoms with van der Waals surface area (Å²) >= 11 is 0. The van der Waals surface area contributed by atoms with Crippen LogP contribution in [0.2, 0.25) is 0 Å². The third kappa shape index (κ3) is 0.644. The lowest BCUT2D eigenvalue weighted by Gasteiger charge is -2.25. The van der Waals surface area contributed by atoms with Crippen molar-refractivity contribution in [3.05, 3.63) is 0 Å². The Kier molecular flexibility index (Phi) is 1.18. The molecule has 1 aliphatic heterocycles. The average molecular weight is 166 g/mol. The highest BCUT2D eigenvalue weighted by atomic mass is 16.5. The van der Waals surface area contributed by atoms with Gasteiger partial charge in [-0.05, 0) is 30.6 Å². The van der Waals surface area contributed by atoms with E-state index in [-0.39, 0.29) is 5.97 Å². The minimum atomic E-state index is 0.0967. The predicted molar refractivity (Wildman–Crippen MR) is 43.3 cm³/mol. The number of rotatable bonds is 0. The van der Waals surface area contributed by atoms with Crippen molar-refractivity contribution in [1.82, 2.24) is 0 Å². The maximum absolute atomic E-state index is 11.3. The first-order chi connectivity index (χ1) is 5.77. The first-order valence-corrected chi connectivity index (χ1v) is 4.94. The van der Waals surface area contributed by atoms with Crippen molar-refractivity contribution in [1.29, 1.82) is 0 Å². The van der Waals surface area contributed by atoms with Crippen molar-refractivity contribution in [3.8, 4) is 0 Å². The van der Waals surface area contributed by atoms with E-state index in [0.29, 0.717) is 17.8 Å². The zero-order valence-corrected chi connectivity index (χ0v) is 7.32. The molecular weight excluding hydrogens is 152 g/mol. The van der Waals surface area contributed by atoms with Crippen LogP contribution in [0.25, 0.3) is 0 Å². The summed E-state index contributed by atoms with van der Waals surface area (Å²) in [7, 11) is 0. The first-order valence-electron chi connectivity index (χ1n) is 4.94. The van der Waals surface area contributed by atoms with E-state index in [0.717, 1.165) is 18.4 Å². The summed E-state index contributed by atoms with van der Waals surface area (Å²) in [4.78, 5) is 11.3. The van der Waals surface area contributed by atoms with Crippen LogP contribution in [-0.2, 0) is 9.53 Å². The minimum Gasteiger partial charge on any atom is -0.465 e. The molecule has 0 radical (unpaired) electrons. The van der Waals surface area contributed by atoms with Gasteiger partial charge in [0.15, 0.2) is 0 Å². The molecule has 0 aromatic heterocycles. The maximum Gasteiger partial charge on any atom is 0.309 e. The summed E-state index contributed by atoms with van der Waals surface area (Å²) in [5, 5.41) is 0. The van der Waals surface area contributed by atoms with Crippen LogP contribution in [0.5, 0.6) is 0 Å². The monoisotopic (exact) mass is 166 g/mol. The van der Waals surface area contributed by atoms with Crippen LogP contribution >= 0.6 is 0 Å². The molecule has 2 bridgehead atoms. The van der Waals surface area contributed by atoms with Crippen molar-refractivity contribution in [3.63, 3.8) is 0 Å². The van der Waals surface area contributed by atoms with Gasteiger partial charge in [-0.2, -0.15) is 0 Å². The van der Waals surface area contributed by atoms with E-state index in [9.17, 15) is 4.79 Å². The number of hydrogen-bond donors (Lipinski definition) is 0. The largest absolute Gasteiger partial charge is 0.465 e. The third-order valence-corrected chi connectivity index (χ3v) is 4.19. The molecule has 2 heteroatoms. The zero-order chi connectivity index (χ0) is 8.29. The highest BCUT2D eigenvalue weighted by molar-refractivity contribution is 5.76. The van der Waals surface area contributed by atoms with Gasteiger partial charge in [0, 0.05) is 5.92 Å². The molecule has 2 aliphatic carbocycles. The second kappa shape index (κ2) is 2.04. The van der Waals surface area contributed by atoms with Gasteiger partial charge < -0.3 is 4.74 Å². The van der Waals surface area contributed by atoms with Gasteiger partial charge in [0.1, 0.15) is 0 Å². The van der Waals surface area contributed by atoms with Gasteiger partial charge >= 0.3 is 5.97 Å². The fourth-order valence-electron chi connectivity index (χ4n) is 3.71. The second-order valence-corrected chi connectivity index (χ2v) is 4.69. The Morgan fingerprint density at radius 2 is 2.17 bits per heavy atom. The summed E-state index contributed by atoms with van der Waals surface area (Å²) in [6, 6.07) is 0. The standard InChI is InChI=1S/C10H14O2/c1-5-2-6-3-7(5)8-4-12-10(11)9(6)8/h5-9H,2-4H2,1H3. The predicted octanol–water partition coefficient (Wildman–Crippen LogP) is 1.45. The maximum atomic E-state index is 11.3. The molecule has 2 saturated carbocycles. The van der Waals surface area contributed by atoms with E-state index in [1.54, 1.807) is 0 Å². The van der Waals surface area contributed by atoms with Crippen LogP contribution in [0.15, 0.2) is 0 Å². The van der Waals surface area contributed by atoms with Crippen LogP contribution in [0.4, 0.5) is 0 Å². The Morgan fingerprint density at radius 1 is 1.33 bits per heavy atom. The molecule has 66 valence electrons. The number of carbonyl (C=O) groups excluding carboxylic acids is 1. The molecule has 0 spiro atoms. The third-order valence-electron chi connectivity index (χ3n) is 4.19. The molecule has 3 rings (SSSR count). The molecule has 0 aromatic carbocycles. The molecule has 3 fully saturated rings. The van der Waals surface area contributed by atoms with Gasteiger partial charge in [0.25, 0.3) is 0 Å². The molecule has 0 aromatic rings. The Hall–Kier alpha value is -0.530. The summed E-state index contributed by atoms with van der Waals surface area (Å²) in [5.41, 5.74) is 0. The number of hydrogen-bond acceptors (Lipinski definition) is 2. The normalized spacial score (nSPS) is 55.8. The van der Waals surface area contributed by atoms with Crippen molar-refractivity contribution in [2.24, 2.45) is 29.6 Å².